The lowest BCUT2D eigenvalue weighted by atomic mass is 10.0. The smallest absolute Gasteiger partial charge is 0.305 e. The molecule has 36 heavy (non-hydrogen) atoms. The van der Waals surface area contributed by atoms with Crippen LogP contribution in [-0.4, -0.2) is 62.8 Å². The average molecular weight is 498 g/mol. The minimum atomic E-state index is -1.36. The maximum absolute atomic E-state index is 13.5. The number of nitro benzene ring substituents is 1. The van der Waals surface area contributed by atoms with Crippen LogP contribution < -0.4 is 5.32 Å². The van der Waals surface area contributed by atoms with E-state index in [9.17, 15) is 38.8 Å². The molecule has 3 amide bonds. The van der Waals surface area contributed by atoms with Crippen molar-refractivity contribution >= 4 is 29.4 Å². The molecule has 2 unspecified atom stereocenters. The number of nitro groups is 1. The van der Waals surface area contributed by atoms with E-state index in [-0.39, 0.29) is 41.7 Å². The van der Waals surface area contributed by atoms with Gasteiger partial charge in [0.25, 0.3) is 17.5 Å². The number of halogens is 1. The van der Waals surface area contributed by atoms with Crippen molar-refractivity contribution in [1.82, 2.24) is 15.1 Å². The standard InChI is InChI=1S/C24H23FN4O7/c25-17-8-6-15(7-9-17)24(34)28-11-10-27(23(33)14-4-5-14)22(28)21(32)26-19(13-20(30)31)16-2-1-3-18(12-16)29(35)36/h1-3,6-9,12,14,19,22H,4-5,10-11,13H2,(H,26,32)(H,30,31). The van der Waals surface area contributed by atoms with Gasteiger partial charge >= 0.3 is 5.97 Å². The van der Waals surface area contributed by atoms with Gasteiger partial charge in [-0.05, 0) is 42.7 Å². The van der Waals surface area contributed by atoms with E-state index in [0.29, 0.717) is 12.8 Å². The lowest BCUT2D eigenvalue weighted by Gasteiger charge is -2.31. The van der Waals surface area contributed by atoms with Crippen molar-refractivity contribution < 1.29 is 33.6 Å². The first kappa shape index (κ1) is 24.8. The summed E-state index contributed by atoms with van der Waals surface area (Å²) in [6, 6.07) is 8.82. The first-order valence-corrected chi connectivity index (χ1v) is 11.3. The molecule has 1 saturated carbocycles. The number of carboxylic acid groups (broad SMARTS) is 1. The van der Waals surface area contributed by atoms with Crippen LogP contribution in [0.2, 0.25) is 0 Å². The summed E-state index contributed by atoms with van der Waals surface area (Å²) in [4.78, 5) is 64.1. The molecule has 188 valence electrons. The summed E-state index contributed by atoms with van der Waals surface area (Å²) in [5, 5.41) is 23.1. The SMILES string of the molecule is O=C(O)CC(NC(=O)C1N(C(=O)c2ccc(F)cc2)CCN1C(=O)C1CC1)c1cccc([N+](=O)[O-])c1. The van der Waals surface area contributed by atoms with E-state index in [1.54, 1.807) is 0 Å². The van der Waals surface area contributed by atoms with Gasteiger partial charge in [0.05, 0.1) is 17.4 Å². The second-order valence-corrected chi connectivity index (χ2v) is 8.70. The van der Waals surface area contributed by atoms with Gasteiger partial charge < -0.3 is 20.2 Å². The first-order chi connectivity index (χ1) is 17.2. The van der Waals surface area contributed by atoms with Gasteiger partial charge in [-0.15, -0.1) is 0 Å². The molecule has 2 aromatic carbocycles. The number of hydrogen-bond acceptors (Lipinski definition) is 6. The zero-order valence-corrected chi connectivity index (χ0v) is 19.0. The Morgan fingerprint density at radius 1 is 1.08 bits per heavy atom. The van der Waals surface area contributed by atoms with E-state index in [1.165, 1.54) is 40.1 Å². The highest BCUT2D eigenvalue weighted by molar-refractivity contribution is 5.99. The van der Waals surface area contributed by atoms with E-state index < -0.39 is 47.2 Å². The van der Waals surface area contributed by atoms with Crippen LogP contribution in [0.5, 0.6) is 0 Å². The molecule has 2 fully saturated rings. The molecule has 4 rings (SSSR count). The number of hydrogen-bond donors (Lipinski definition) is 2. The third kappa shape index (κ3) is 5.32. The number of non-ortho nitro benzene ring substituents is 1. The second-order valence-electron chi connectivity index (χ2n) is 8.70. The monoisotopic (exact) mass is 498 g/mol. The van der Waals surface area contributed by atoms with Crippen molar-refractivity contribution in [3.8, 4) is 0 Å². The van der Waals surface area contributed by atoms with Crippen LogP contribution in [0, 0.1) is 21.8 Å². The number of rotatable bonds is 8. The van der Waals surface area contributed by atoms with Crippen LogP contribution in [0.3, 0.4) is 0 Å². The number of nitrogens with one attached hydrogen (secondary N) is 1. The van der Waals surface area contributed by atoms with Crippen LogP contribution in [-0.2, 0) is 14.4 Å². The quantitative estimate of drug-likeness (QED) is 0.418. The molecule has 0 spiro atoms. The van der Waals surface area contributed by atoms with Crippen LogP contribution in [0.1, 0.15) is 41.2 Å². The van der Waals surface area contributed by atoms with Gasteiger partial charge in [-0.2, -0.15) is 0 Å². The van der Waals surface area contributed by atoms with Crippen LogP contribution in [0.25, 0.3) is 0 Å². The topological polar surface area (TPSA) is 150 Å². The van der Waals surface area contributed by atoms with Crippen LogP contribution in [0.15, 0.2) is 48.5 Å². The zero-order chi connectivity index (χ0) is 26.0. The minimum absolute atomic E-state index is 0.0488. The molecule has 2 aliphatic rings. The van der Waals surface area contributed by atoms with Crippen molar-refractivity contribution in [3.05, 3.63) is 75.6 Å². The molecule has 1 saturated heterocycles. The molecule has 12 heteroatoms. The Balaban J connectivity index is 1.64. The van der Waals surface area contributed by atoms with E-state index >= 15 is 0 Å². The molecule has 1 aliphatic heterocycles. The fourth-order valence-corrected chi connectivity index (χ4v) is 4.21. The Hall–Kier alpha value is -4.35. The molecule has 1 aliphatic carbocycles. The summed E-state index contributed by atoms with van der Waals surface area (Å²) in [5.74, 6) is -3.71. The lowest BCUT2D eigenvalue weighted by Crippen LogP contribution is -2.54. The molecule has 0 radical (unpaired) electrons. The highest BCUT2D eigenvalue weighted by Gasteiger charge is 2.47. The largest absolute Gasteiger partial charge is 0.481 e. The average Bonchev–Trinajstić information content (AvgIpc) is 3.60. The van der Waals surface area contributed by atoms with Crippen molar-refractivity contribution in [2.75, 3.05) is 13.1 Å². The molecule has 2 atom stereocenters. The second kappa shape index (κ2) is 10.1. The van der Waals surface area contributed by atoms with Crippen LogP contribution >= 0.6 is 0 Å². The Kier molecular flexibility index (Phi) is 6.95. The molecule has 0 bridgehead atoms. The predicted molar refractivity (Wildman–Crippen MR) is 122 cm³/mol. The van der Waals surface area contributed by atoms with E-state index in [0.717, 1.165) is 18.2 Å². The van der Waals surface area contributed by atoms with Gasteiger partial charge in [0, 0.05) is 36.7 Å². The van der Waals surface area contributed by atoms with E-state index in [1.807, 2.05) is 0 Å². The Bertz CT molecular complexity index is 1220. The molecule has 2 N–H and O–H groups in total. The molecule has 0 aromatic heterocycles. The summed E-state index contributed by atoms with van der Waals surface area (Å²) in [7, 11) is 0. The van der Waals surface area contributed by atoms with Crippen LogP contribution in [0.4, 0.5) is 10.1 Å². The summed E-state index contributed by atoms with van der Waals surface area (Å²) in [6.45, 7) is 0.147. The number of carbonyl (C=O) groups is 4. The molecular weight excluding hydrogens is 475 g/mol. The van der Waals surface area contributed by atoms with E-state index in [2.05, 4.69) is 5.32 Å². The van der Waals surface area contributed by atoms with Gasteiger partial charge in [0.15, 0.2) is 6.17 Å². The summed E-state index contributed by atoms with van der Waals surface area (Å²) >= 11 is 0. The van der Waals surface area contributed by atoms with E-state index in [4.69, 9.17) is 0 Å². The normalized spacial score (nSPS) is 18.0. The minimum Gasteiger partial charge on any atom is -0.481 e. The summed E-state index contributed by atoms with van der Waals surface area (Å²) < 4.78 is 13.4. The molecule has 11 nitrogen and oxygen atoms in total. The third-order valence-corrected chi connectivity index (χ3v) is 6.15. The molecular formula is C24H23FN4O7. The first-order valence-electron chi connectivity index (χ1n) is 11.3. The highest BCUT2D eigenvalue weighted by atomic mass is 19.1. The zero-order valence-electron chi connectivity index (χ0n) is 19.0. The van der Waals surface area contributed by atoms with Gasteiger partial charge in [0.1, 0.15) is 5.82 Å². The predicted octanol–water partition coefficient (Wildman–Crippen LogP) is 2.09. The van der Waals surface area contributed by atoms with Gasteiger partial charge in [-0.25, -0.2) is 4.39 Å². The number of benzene rings is 2. The summed E-state index contributed by atoms with van der Waals surface area (Å²) in [6.07, 6.45) is -0.594. The van der Waals surface area contributed by atoms with Gasteiger partial charge in [-0.1, -0.05) is 12.1 Å². The maximum atomic E-state index is 13.5. The van der Waals surface area contributed by atoms with Crippen molar-refractivity contribution in [3.63, 3.8) is 0 Å². The Morgan fingerprint density at radius 2 is 1.75 bits per heavy atom. The fourth-order valence-electron chi connectivity index (χ4n) is 4.21. The number of carbonyl (C=O) groups excluding carboxylic acids is 3. The van der Waals surface area contributed by atoms with Crippen molar-refractivity contribution in [1.29, 1.82) is 0 Å². The number of nitrogens with zero attached hydrogens (tertiary/aromatic N) is 3. The van der Waals surface area contributed by atoms with Gasteiger partial charge in [0.2, 0.25) is 5.91 Å². The van der Waals surface area contributed by atoms with Crippen molar-refractivity contribution in [2.24, 2.45) is 5.92 Å². The number of carboxylic acids is 1. The third-order valence-electron chi connectivity index (χ3n) is 6.15. The number of amides is 3. The Labute approximate surface area is 204 Å². The maximum Gasteiger partial charge on any atom is 0.305 e. The van der Waals surface area contributed by atoms with Crippen molar-refractivity contribution in [2.45, 2.75) is 31.5 Å². The lowest BCUT2D eigenvalue weighted by molar-refractivity contribution is -0.384. The fraction of sp³-hybridized carbons (Fsp3) is 0.333. The Morgan fingerprint density at radius 3 is 2.36 bits per heavy atom. The molecule has 2 aromatic rings. The summed E-state index contributed by atoms with van der Waals surface area (Å²) in [5.41, 5.74) is 0.0294. The molecule has 1 heterocycles. The highest BCUT2D eigenvalue weighted by Crippen LogP contribution is 2.34. The number of aliphatic carboxylic acids is 1. The van der Waals surface area contributed by atoms with Gasteiger partial charge in [-0.3, -0.25) is 29.3 Å².